The molecule has 1 saturated heterocycles. The van der Waals surface area contributed by atoms with E-state index in [1.54, 1.807) is 18.1 Å². The predicted octanol–water partition coefficient (Wildman–Crippen LogP) is 2.86. The van der Waals surface area contributed by atoms with Crippen molar-refractivity contribution in [2.75, 3.05) is 33.3 Å². The monoisotopic (exact) mass is 296 g/mol. The highest BCUT2D eigenvalue weighted by atomic mass is 19.3. The Bertz CT molecular complexity index is 505. The first kappa shape index (κ1) is 15.9. The van der Waals surface area contributed by atoms with Gasteiger partial charge in [0.05, 0.1) is 13.7 Å². The Hall–Kier alpha value is -1.46. The lowest BCUT2D eigenvalue weighted by Crippen LogP contribution is -2.47. The first-order valence-electron chi connectivity index (χ1n) is 7.10. The standard InChI is InChI=1S/C16H22F2N2O/c1-4-12-5-6-13(16(21-3)11(12)2)14-9-20(8-7-19-14)10-15(17)18/h4-6,14-15,19H,1,7-10H2,2-3H3. The van der Waals surface area contributed by atoms with Crippen LogP contribution < -0.4 is 10.1 Å². The average molecular weight is 296 g/mol. The normalized spacial score (nSPS) is 19.8. The molecule has 0 amide bonds. The van der Waals surface area contributed by atoms with Crippen LogP contribution in [0.3, 0.4) is 0 Å². The number of benzene rings is 1. The first-order chi connectivity index (χ1) is 10.1. The Balaban J connectivity index is 2.24. The van der Waals surface area contributed by atoms with Gasteiger partial charge in [-0.3, -0.25) is 4.90 Å². The molecule has 1 aromatic rings. The second-order valence-corrected chi connectivity index (χ2v) is 5.26. The van der Waals surface area contributed by atoms with E-state index in [9.17, 15) is 8.78 Å². The topological polar surface area (TPSA) is 24.5 Å². The van der Waals surface area contributed by atoms with Gasteiger partial charge in [-0.05, 0) is 18.1 Å². The molecule has 1 aliphatic heterocycles. The highest BCUT2D eigenvalue weighted by Crippen LogP contribution is 2.32. The molecule has 5 heteroatoms. The molecule has 21 heavy (non-hydrogen) atoms. The van der Waals surface area contributed by atoms with E-state index < -0.39 is 6.43 Å². The molecule has 3 nitrogen and oxygen atoms in total. The maximum absolute atomic E-state index is 12.6. The summed E-state index contributed by atoms with van der Waals surface area (Å²) in [6.45, 7) is 7.51. The number of halogens is 2. The van der Waals surface area contributed by atoms with E-state index >= 15 is 0 Å². The number of alkyl halides is 2. The van der Waals surface area contributed by atoms with E-state index in [1.807, 2.05) is 19.1 Å². The molecular formula is C16H22F2N2O. The summed E-state index contributed by atoms with van der Waals surface area (Å²) in [5.41, 5.74) is 3.06. The molecule has 0 radical (unpaired) electrons. The second-order valence-electron chi connectivity index (χ2n) is 5.26. The molecule has 0 aromatic heterocycles. The zero-order chi connectivity index (χ0) is 15.4. The molecule has 116 valence electrons. The highest BCUT2D eigenvalue weighted by molar-refractivity contribution is 5.59. The van der Waals surface area contributed by atoms with Crippen molar-refractivity contribution in [3.63, 3.8) is 0 Å². The van der Waals surface area contributed by atoms with E-state index in [0.717, 1.165) is 22.4 Å². The Morgan fingerprint density at radius 2 is 2.29 bits per heavy atom. The average Bonchev–Trinajstić information content (AvgIpc) is 2.46. The van der Waals surface area contributed by atoms with Crippen LogP contribution in [0.1, 0.15) is 22.7 Å². The van der Waals surface area contributed by atoms with Crippen molar-refractivity contribution < 1.29 is 13.5 Å². The summed E-state index contributed by atoms with van der Waals surface area (Å²) in [6.07, 6.45) is -0.505. The quantitative estimate of drug-likeness (QED) is 0.904. The fraction of sp³-hybridized carbons (Fsp3) is 0.500. The van der Waals surface area contributed by atoms with Gasteiger partial charge in [0.25, 0.3) is 6.43 Å². The third-order valence-electron chi connectivity index (χ3n) is 3.93. The molecule has 1 aromatic carbocycles. The lowest BCUT2D eigenvalue weighted by Gasteiger charge is -2.34. The zero-order valence-corrected chi connectivity index (χ0v) is 12.5. The maximum atomic E-state index is 12.6. The Kier molecular flexibility index (Phi) is 5.31. The summed E-state index contributed by atoms with van der Waals surface area (Å²) in [4.78, 5) is 1.79. The number of hydrogen-bond donors (Lipinski definition) is 1. The van der Waals surface area contributed by atoms with E-state index in [2.05, 4.69) is 11.9 Å². The molecule has 1 N–H and O–H groups in total. The number of ether oxygens (including phenoxy) is 1. The third-order valence-corrected chi connectivity index (χ3v) is 3.93. The number of methoxy groups -OCH3 is 1. The smallest absolute Gasteiger partial charge is 0.251 e. The van der Waals surface area contributed by atoms with Crippen LogP contribution in [0.5, 0.6) is 5.75 Å². The number of piperazine rings is 1. The predicted molar refractivity (Wildman–Crippen MR) is 81.0 cm³/mol. The van der Waals surface area contributed by atoms with E-state index in [0.29, 0.717) is 19.6 Å². The van der Waals surface area contributed by atoms with Crippen molar-refractivity contribution in [3.05, 3.63) is 35.4 Å². The van der Waals surface area contributed by atoms with Crippen LogP contribution in [-0.4, -0.2) is 44.6 Å². The van der Waals surface area contributed by atoms with Crippen LogP contribution >= 0.6 is 0 Å². The molecule has 0 aliphatic carbocycles. The van der Waals surface area contributed by atoms with Gasteiger partial charge in [-0.2, -0.15) is 0 Å². The van der Waals surface area contributed by atoms with Crippen LogP contribution in [0.25, 0.3) is 6.08 Å². The zero-order valence-electron chi connectivity index (χ0n) is 12.5. The summed E-state index contributed by atoms with van der Waals surface area (Å²) < 4.78 is 30.7. The van der Waals surface area contributed by atoms with Crippen molar-refractivity contribution in [3.8, 4) is 5.75 Å². The van der Waals surface area contributed by atoms with Crippen LogP contribution in [0.15, 0.2) is 18.7 Å². The van der Waals surface area contributed by atoms with Gasteiger partial charge in [-0.25, -0.2) is 8.78 Å². The molecule has 1 fully saturated rings. The summed E-state index contributed by atoms with van der Waals surface area (Å²) in [5.74, 6) is 0.809. The number of nitrogens with zero attached hydrogens (tertiary/aromatic N) is 1. The molecule has 0 spiro atoms. The van der Waals surface area contributed by atoms with Crippen LogP contribution in [0.2, 0.25) is 0 Å². The minimum Gasteiger partial charge on any atom is -0.496 e. The van der Waals surface area contributed by atoms with Gasteiger partial charge in [0.15, 0.2) is 0 Å². The van der Waals surface area contributed by atoms with Gasteiger partial charge in [-0.15, -0.1) is 0 Å². The first-order valence-corrected chi connectivity index (χ1v) is 7.10. The summed E-state index contributed by atoms with van der Waals surface area (Å²) in [5, 5.41) is 3.39. The van der Waals surface area contributed by atoms with Crippen LogP contribution in [0.4, 0.5) is 8.78 Å². The maximum Gasteiger partial charge on any atom is 0.251 e. The van der Waals surface area contributed by atoms with Crippen molar-refractivity contribution in [1.82, 2.24) is 10.2 Å². The summed E-state index contributed by atoms with van der Waals surface area (Å²) in [6, 6.07) is 3.99. The van der Waals surface area contributed by atoms with Gasteiger partial charge >= 0.3 is 0 Å². The van der Waals surface area contributed by atoms with Crippen molar-refractivity contribution in [1.29, 1.82) is 0 Å². The fourth-order valence-corrected chi connectivity index (χ4v) is 2.87. The Morgan fingerprint density at radius 3 is 2.90 bits per heavy atom. The molecule has 1 atom stereocenters. The van der Waals surface area contributed by atoms with Crippen molar-refractivity contribution in [2.45, 2.75) is 19.4 Å². The number of rotatable bonds is 5. The van der Waals surface area contributed by atoms with E-state index in [1.165, 1.54) is 0 Å². The molecule has 1 aliphatic rings. The van der Waals surface area contributed by atoms with Gasteiger partial charge in [0.1, 0.15) is 5.75 Å². The SMILES string of the molecule is C=Cc1ccc(C2CN(CC(F)F)CCN2)c(OC)c1C. The van der Waals surface area contributed by atoms with Crippen LogP contribution in [0, 0.1) is 6.92 Å². The van der Waals surface area contributed by atoms with Gasteiger partial charge in [0.2, 0.25) is 0 Å². The number of hydrogen-bond acceptors (Lipinski definition) is 3. The number of nitrogens with one attached hydrogen (secondary N) is 1. The molecule has 2 rings (SSSR count). The molecular weight excluding hydrogens is 274 g/mol. The summed E-state index contributed by atoms with van der Waals surface area (Å²) in [7, 11) is 1.64. The largest absolute Gasteiger partial charge is 0.496 e. The molecule has 1 heterocycles. The van der Waals surface area contributed by atoms with Gasteiger partial charge < -0.3 is 10.1 Å². The highest BCUT2D eigenvalue weighted by Gasteiger charge is 2.25. The second kappa shape index (κ2) is 7.00. The summed E-state index contributed by atoms with van der Waals surface area (Å²) >= 11 is 0. The Labute approximate surface area is 124 Å². The van der Waals surface area contributed by atoms with Crippen molar-refractivity contribution in [2.24, 2.45) is 0 Å². The van der Waals surface area contributed by atoms with Crippen LogP contribution in [-0.2, 0) is 0 Å². The Morgan fingerprint density at radius 1 is 1.52 bits per heavy atom. The van der Waals surface area contributed by atoms with Gasteiger partial charge in [0, 0.05) is 31.2 Å². The van der Waals surface area contributed by atoms with E-state index in [-0.39, 0.29) is 12.6 Å². The minimum atomic E-state index is -2.30. The van der Waals surface area contributed by atoms with E-state index in [4.69, 9.17) is 4.74 Å². The minimum absolute atomic E-state index is 0.00464. The third kappa shape index (κ3) is 3.60. The molecule has 0 bridgehead atoms. The molecule has 1 unspecified atom stereocenters. The van der Waals surface area contributed by atoms with Crippen molar-refractivity contribution >= 4 is 6.08 Å². The molecule has 0 saturated carbocycles. The van der Waals surface area contributed by atoms with Gasteiger partial charge in [-0.1, -0.05) is 24.8 Å². The lowest BCUT2D eigenvalue weighted by atomic mass is 9.97. The fourth-order valence-electron chi connectivity index (χ4n) is 2.87. The lowest BCUT2D eigenvalue weighted by molar-refractivity contribution is 0.0725.